The SMILES string of the molecule is Cc1ncsc1-c1ccc(CNC(=O)[C@@H]2CC(O)CN2C(=O)[C@H](C(C)C)n2cc(Oc3cccc(OCCCCCOc4ccc(N5C(=S)N(c6ccc(C#N)c(C(F)(F)F)c6)C(=O)C5(C)C)cc4)c3)cn2)cc1. The lowest BCUT2D eigenvalue weighted by molar-refractivity contribution is -0.142. The number of amides is 3. The quantitative estimate of drug-likeness (QED) is 0.0581. The van der Waals surface area contributed by atoms with E-state index >= 15 is 0 Å². The van der Waals surface area contributed by atoms with Crippen LogP contribution in [0.4, 0.5) is 24.5 Å². The molecule has 2 N–H and O–H groups in total. The van der Waals surface area contributed by atoms with Crippen LogP contribution in [0.15, 0.2) is 109 Å². The van der Waals surface area contributed by atoms with Crippen LogP contribution in [0.2, 0.25) is 0 Å². The molecule has 6 aromatic rings. The number of aliphatic hydroxyl groups is 1. The maximum absolute atomic E-state index is 14.2. The number of nitrogens with zero attached hydrogens (tertiary/aromatic N) is 7. The zero-order valence-corrected chi connectivity index (χ0v) is 43.0. The second-order valence-electron chi connectivity index (χ2n) is 18.9. The number of hydrogen-bond acceptors (Lipinski definition) is 12. The van der Waals surface area contributed by atoms with E-state index in [1.807, 2.05) is 62.7 Å². The Bertz CT molecular complexity index is 3050. The van der Waals surface area contributed by atoms with Gasteiger partial charge in [0.25, 0.3) is 5.91 Å². The van der Waals surface area contributed by atoms with Crippen LogP contribution in [0, 0.1) is 24.2 Å². The van der Waals surface area contributed by atoms with Crippen molar-refractivity contribution in [3.05, 3.63) is 131 Å². The van der Waals surface area contributed by atoms with Crippen molar-refractivity contribution >= 4 is 57.8 Å². The second kappa shape index (κ2) is 22.4. The van der Waals surface area contributed by atoms with Gasteiger partial charge >= 0.3 is 6.18 Å². The van der Waals surface area contributed by atoms with Gasteiger partial charge in [0.2, 0.25) is 11.8 Å². The average Bonchev–Trinajstić information content (AvgIpc) is 4.16. The molecule has 0 spiro atoms. The maximum atomic E-state index is 14.2. The van der Waals surface area contributed by atoms with Crippen molar-refractivity contribution < 1.29 is 46.9 Å². The lowest BCUT2D eigenvalue weighted by Gasteiger charge is -2.30. The van der Waals surface area contributed by atoms with Gasteiger partial charge in [-0.25, -0.2) is 4.98 Å². The third-order valence-electron chi connectivity index (χ3n) is 12.9. The third kappa shape index (κ3) is 11.7. The summed E-state index contributed by atoms with van der Waals surface area (Å²) in [6.45, 7) is 10.2. The highest BCUT2D eigenvalue weighted by Gasteiger charge is 2.51. The van der Waals surface area contributed by atoms with Crippen LogP contribution in [0.1, 0.15) is 81.8 Å². The number of carbonyl (C=O) groups excluding carboxylic acids is 3. The topological polar surface area (TPSA) is 175 Å². The van der Waals surface area contributed by atoms with Gasteiger partial charge in [-0.1, -0.05) is 44.2 Å². The molecule has 4 heterocycles. The van der Waals surface area contributed by atoms with Crippen molar-refractivity contribution in [2.75, 3.05) is 29.6 Å². The Kier molecular flexibility index (Phi) is 16.0. The van der Waals surface area contributed by atoms with E-state index in [9.17, 15) is 37.9 Å². The van der Waals surface area contributed by atoms with Gasteiger partial charge in [-0.2, -0.15) is 23.5 Å². The van der Waals surface area contributed by atoms with Crippen molar-refractivity contribution in [2.24, 2.45) is 5.92 Å². The molecule has 4 aromatic carbocycles. The third-order valence-corrected chi connectivity index (χ3v) is 14.2. The van der Waals surface area contributed by atoms with Crippen LogP contribution < -0.4 is 29.3 Å². The van der Waals surface area contributed by atoms with E-state index in [1.165, 1.54) is 17.2 Å². The van der Waals surface area contributed by atoms with Crippen LogP contribution in [-0.2, 0) is 27.1 Å². The predicted molar refractivity (Wildman–Crippen MR) is 277 cm³/mol. The van der Waals surface area contributed by atoms with Gasteiger partial charge in [-0.05, 0) is 124 Å². The zero-order chi connectivity index (χ0) is 52.9. The summed E-state index contributed by atoms with van der Waals surface area (Å²) < 4.78 is 60.9. The van der Waals surface area contributed by atoms with Crippen molar-refractivity contribution in [3.8, 4) is 39.5 Å². The number of likely N-dealkylation sites (tertiary alicyclic amines) is 1. The van der Waals surface area contributed by atoms with Crippen molar-refractivity contribution in [1.82, 2.24) is 25.0 Å². The molecular weight excluding hydrogens is 994 g/mol. The number of β-amino-alcohol motifs (C(OH)–C–C–N with tert-alkyl or cyclic N) is 1. The Labute approximate surface area is 436 Å². The molecule has 386 valence electrons. The van der Waals surface area contributed by atoms with Gasteiger partial charge < -0.3 is 34.4 Å². The molecule has 2 aliphatic heterocycles. The second-order valence-corrected chi connectivity index (χ2v) is 20.1. The Morgan fingerprint density at radius 1 is 0.946 bits per heavy atom. The van der Waals surface area contributed by atoms with E-state index in [2.05, 4.69) is 15.4 Å². The first-order valence-electron chi connectivity index (χ1n) is 24.1. The first-order chi connectivity index (χ1) is 35.3. The Morgan fingerprint density at radius 2 is 1.64 bits per heavy atom. The molecule has 0 radical (unpaired) electrons. The molecule has 74 heavy (non-hydrogen) atoms. The molecule has 3 atom stereocenters. The number of halogens is 3. The van der Waals surface area contributed by atoms with Gasteiger partial charge in [0.1, 0.15) is 34.9 Å². The minimum absolute atomic E-state index is 0.00231. The van der Waals surface area contributed by atoms with Crippen LogP contribution in [0.3, 0.4) is 0 Å². The first-order valence-corrected chi connectivity index (χ1v) is 25.4. The molecule has 3 amide bonds. The molecular formula is C54H55F3N8O7S2. The highest BCUT2D eigenvalue weighted by atomic mass is 32.1. The lowest BCUT2D eigenvalue weighted by atomic mass is 10.0. The van der Waals surface area contributed by atoms with Gasteiger partial charge in [0.15, 0.2) is 10.9 Å². The van der Waals surface area contributed by atoms with E-state index in [-0.39, 0.29) is 48.0 Å². The average molecular weight is 1050 g/mol. The normalized spacial score (nSPS) is 16.9. The molecule has 2 saturated heterocycles. The number of thiocarbonyl (C=S) groups is 1. The molecule has 1 unspecified atom stereocenters. The lowest BCUT2D eigenvalue weighted by Crippen LogP contribution is -2.49. The molecule has 20 heteroatoms. The predicted octanol–water partition coefficient (Wildman–Crippen LogP) is 10.0. The fourth-order valence-electron chi connectivity index (χ4n) is 9.04. The highest BCUT2D eigenvalue weighted by Crippen LogP contribution is 2.40. The molecule has 2 aliphatic rings. The number of ether oxygens (including phenoxy) is 3. The Hall–Kier alpha value is -7.34. The Balaban J connectivity index is 0.780. The minimum atomic E-state index is -4.80. The number of anilines is 2. The summed E-state index contributed by atoms with van der Waals surface area (Å²) in [6, 6.07) is 25.1. The Morgan fingerprint density at radius 3 is 2.30 bits per heavy atom. The largest absolute Gasteiger partial charge is 0.494 e. The monoisotopic (exact) mass is 1050 g/mol. The summed E-state index contributed by atoms with van der Waals surface area (Å²) in [5.41, 5.74) is 2.27. The van der Waals surface area contributed by atoms with Gasteiger partial charge in [0, 0.05) is 31.3 Å². The number of unbranched alkanes of at least 4 members (excludes halogenated alkanes) is 2. The number of rotatable bonds is 19. The molecule has 0 bridgehead atoms. The smallest absolute Gasteiger partial charge is 0.417 e. The van der Waals surface area contributed by atoms with Crippen molar-refractivity contribution in [1.29, 1.82) is 5.26 Å². The molecule has 15 nitrogen and oxygen atoms in total. The van der Waals surface area contributed by atoms with Gasteiger partial charge in [0.05, 0.1) is 70.7 Å². The van der Waals surface area contributed by atoms with E-state index in [4.69, 9.17) is 26.4 Å². The molecule has 2 aromatic heterocycles. The first kappa shape index (κ1) is 53.0. The number of alkyl halides is 3. The fraction of sp³-hybridized carbons (Fsp3) is 0.352. The molecule has 0 aliphatic carbocycles. The van der Waals surface area contributed by atoms with Crippen molar-refractivity contribution in [3.63, 3.8) is 0 Å². The van der Waals surface area contributed by atoms with Crippen molar-refractivity contribution in [2.45, 2.75) is 96.7 Å². The van der Waals surface area contributed by atoms with E-state index in [1.54, 1.807) is 83.4 Å². The summed E-state index contributed by atoms with van der Waals surface area (Å²) >= 11 is 7.22. The summed E-state index contributed by atoms with van der Waals surface area (Å²) in [5, 5.41) is 27.3. The molecule has 0 saturated carbocycles. The number of carbonyl (C=O) groups is 3. The number of hydrogen-bond donors (Lipinski definition) is 2. The highest BCUT2D eigenvalue weighted by molar-refractivity contribution is 7.81. The minimum Gasteiger partial charge on any atom is -0.494 e. The molecule has 2 fully saturated rings. The van der Waals surface area contributed by atoms with Gasteiger partial charge in [-0.15, -0.1) is 11.3 Å². The summed E-state index contributed by atoms with van der Waals surface area (Å²) in [5.74, 6) is 0.710. The number of aliphatic hydroxyl groups excluding tert-OH is 1. The summed E-state index contributed by atoms with van der Waals surface area (Å²) in [7, 11) is 0. The van der Waals surface area contributed by atoms with E-state index in [0.29, 0.717) is 41.9 Å². The number of aryl methyl sites for hydroxylation is 1. The molecule has 8 rings (SSSR count). The zero-order valence-electron chi connectivity index (χ0n) is 41.3. The number of nitrogens with one attached hydrogen (secondary N) is 1. The number of aromatic nitrogens is 3. The maximum Gasteiger partial charge on any atom is 0.417 e. The summed E-state index contributed by atoms with van der Waals surface area (Å²) in [6.07, 6.45) is -0.0481. The van der Waals surface area contributed by atoms with E-state index < -0.39 is 46.9 Å². The van der Waals surface area contributed by atoms with E-state index in [0.717, 1.165) is 58.0 Å². The van der Waals surface area contributed by atoms with Crippen LogP contribution in [0.5, 0.6) is 23.0 Å². The number of nitriles is 1. The summed E-state index contributed by atoms with van der Waals surface area (Å²) in [4.78, 5) is 50.8. The van der Waals surface area contributed by atoms with Crippen LogP contribution >= 0.6 is 23.6 Å². The van der Waals surface area contributed by atoms with Crippen LogP contribution in [-0.4, -0.2) is 85.0 Å². The van der Waals surface area contributed by atoms with Crippen LogP contribution in [0.25, 0.3) is 10.4 Å². The van der Waals surface area contributed by atoms with Gasteiger partial charge in [-0.3, -0.25) is 24.0 Å². The number of thiazole rings is 1. The number of benzene rings is 4. The fourth-order valence-corrected chi connectivity index (χ4v) is 10.4. The standard InChI is InChI=1S/C54H55F3N8O7S2/c1-33(2)47(50(68)62-30-40(66)25-46(62)49(67)59-28-35-12-14-36(15-13-35)48-34(3)60-32-74-48)63-31-44(29-61-63)72-43-11-9-10-42(26-43)71-23-8-6-7-22-70-41-20-18-38(19-21-41)65-52(73)64(51(69)53(65,4)5)39-17-16-37(27-58)45(24-39)54(55,56)57/h9-21,24,26,29,31-33,40,46-47,66H,6-8,22-23,25,28,30H2,1-5H3,(H,59,67)/t40?,46-,47-/m0/s1.